The highest BCUT2D eigenvalue weighted by molar-refractivity contribution is 5.89. The van der Waals surface area contributed by atoms with Gasteiger partial charge in [-0.2, -0.15) is 0 Å². The minimum Gasteiger partial charge on any atom is -0.338 e. The van der Waals surface area contributed by atoms with Crippen LogP contribution in [0.5, 0.6) is 0 Å². The molecule has 1 aliphatic rings. The molecular formula is C17H21N5O2. The molecule has 1 saturated heterocycles. The third-order valence-electron chi connectivity index (χ3n) is 4.32. The summed E-state index contributed by atoms with van der Waals surface area (Å²) >= 11 is 0. The molecule has 126 valence electrons. The van der Waals surface area contributed by atoms with Gasteiger partial charge in [0.05, 0.1) is 24.7 Å². The number of pyridine rings is 1. The summed E-state index contributed by atoms with van der Waals surface area (Å²) < 4.78 is 1.89. The lowest BCUT2D eigenvalue weighted by atomic mass is 10.1. The summed E-state index contributed by atoms with van der Waals surface area (Å²) in [5, 5.41) is 0. The van der Waals surface area contributed by atoms with Gasteiger partial charge in [0.2, 0.25) is 11.8 Å². The molecule has 1 atom stereocenters. The van der Waals surface area contributed by atoms with E-state index in [0.29, 0.717) is 19.6 Å². The predicted octanol–water partition coefficient (Wildman–Crippen LogP) is 0.822. The lowest BCUT2D eigenvalue weighted by Crippen LogP contribution is -2.34. The molecule has 7 nitrogen and oxygen atoms in total. The number of carbonyl (C=O) groups is 2. The van der Waals surface area contributed by atoms with Crippen molar-refractivity contribution in [2.45, 2.75) is 19.5 Å². The van der Waals surface area contributed by atoms with Crippen molar-refractivity contribution in [3.63, 3.8) is 0 Å². The van der Waals surface area contributed by atoms with E-state index in [0.717, 1.165) is 11.5 Å². The average molecular weight is 327 g/mol. The normalized spacial score (nSPS) is 17.3. The molecule has 0 aliphatic carbocycles. The summed E-state index contributed by atoms with van der Waals surface area (Å²) in [6.07, 6.45) is 5.53. The SMILES string of the molecule is CN(Cc1nccn1C)C(=O)[C@H]1CC(=O)N(Cc2ccccn2)C1. The molecule has 2 aromatic rings. The number of imidazole rings is 1. The molecule has 0 unspecified atom stereocenters. The zero-order chi connectivity index (χ0) is 17.1. The van der Waals surface area contributed by atoms with Gasteiger partial charge < -0.3 is 14.4 Å². The number of rotatable bonds is 5. The van der Waals surface area contributed by atoms with Crippen LogP contribution in [0.25, 0.3) is 0 Å². The van der Waals surface area contributed by atoms with Gasteiger partial charge in [-0.3, -0.25) is 14.6 Å². The van der Waals surface area contributed by atoms with Gasteiger partial charge in [0, 0.05) is 45.7 Å². The van der Waals surface area contributed by atoms with Gasteiger partial charge >= 0.3 is 0 Å². The van der Waals surface area contributed by atoms with E-state index in [-0.39, 0.29) is 24.2 Å². The summed E-state index contributed by atoms with van der Waals surface area (Å²) in [6, 6.07) is 5.62. The van der Waals surface area contributed by atoms with Crippen LogP contribution in [0.3, 0.4) is 0 Å². The fraction of sp³-hybridized carbons (Fsp3) is 0.412. The molecule has 0 spiro atoms. The number of carbonyl (C=O) groups excluding carboxylic acids is 2. The molecule has 24 heavy (non-hydrogen) atoms. The first-order valence-electron chi connectivity index (χ1n) is 7.93. The molecule has 0 saturated carbocycles. The Morgan fingerprint density at radius 2 is 2.17 bits per heavy atom. The lowest BCUT2D eigenvalue weighted by molar-refractivity contribution is -0.135. The topological polar surface area (TPSA) is 71.3 Å². The monoisotopic (exact) mass is 327 g/mol. The Labute approximate surface area is 140 Å². The van der Waals surface area contributed by atoms with Crippen molar-refractivity contribution < 1.29 is 9.59 Å². The zero-order valence-corrected chi connectivity index (χ0v) is 13.9. The second-order valence-electron chi connectivity index (χ2n) is 6.15. The molecule has 7 heteroatoms. The van der Waals surface area contributed by atoms with Crippen molar-refractivity contribution in [3.05, 3.63) is 48.3 Å². The smallest absolute Gasteiger partial charge is 0.228 e. The van der Waals surface area contributed by atoms with Crippen LogP contribution in [0, 0.1) is 5.92 Å². The molecule has 3 heterocycles. The maximum Gasteiger partial charge on any atom is 0.228 e. The summed E-state index contributed by atoms with van der Waals surface area (Å²) in [7, 11) is 3.65. The van der Waals surface area contributed by atoms with Gasteiger partial charge in [0.15, 0.2) is 0 Å². The molecule has 2 amide bonds. The van der Waals surface area contributed by atoms with E-state index in [1.807, 2.05) is 36.0 Å². The van der Waals surface area contributed by atoms with Gasteiger partial charge in [-0.25, -0.2) is 4.98 Å². The number of aryl methyl sites for hydroxylation is 1. The Hall–Kier alpha value is -2.70. The first-order valence-corrected chi connectivity index (χ1v) is 7.93. The second-order valence-corrected chi connectivity index (χ2v) is 6.15. The van der Waals surface area contributed by atoms with Gasteiger partial charge in [-0.1, -0.05) is 6.07 Å². The van der Waals surface area contributed by atoms with E-state index in [1.54, 1.807) is 29.2 Å². The van der Waals surface area contributed by atoms with Crippen LogP contribution in [0.2, 0.25) is 0 Å². The Morgan fingerprint density at radius 3 is 2.83 bits per heavy atom. The van der Waals surface area contributed by atoms with Gasteiger partial charge in [-0.15, -0.1) is 0 Å². The van der Waals surface area contributed by atoms with Gasteiger partial charge in [-0.05, 0) is 12.1 Å². The predicted molar refractivity (Wildman–Crippen MR) is 87.4 cm³/mol. The number of hydrogen-bond acceptors (Lipinski definition) is 4. The Morgan fingerprint density at radius 1 is 1.33 bits per heavy atom. The highest BCUT2D eigenvalue weighted by Gasteiger charge is 2.35. The molecule has 1 aliphatic heterocycles. The quantitative estimate of drug-likeness (QED) is 0.815. The molecule has 1 fully saturated rings. The number of hydrogen-bond donors (Lipinski definition) is 0. The van der Waals surface area contributed by atoms with E-state index in [9.17, 15) is 9.59 Å². The summed E-state index contributed by atoms with van der Waals surface area (Å²) in [4.78, 5) is 36.6. The average Bonchev–Trinajstić information content (AvgIpc) is 3.14. The highest BCUT2D eigenvalue weighted by atomic mass is 16.2. The van der Waals surface area contributed by atoms with Crippen LogP contribution in [-0.4, -0.2) is 49.7 Å². The van der Waals surface area contributed by atoms with E-state index < -0.39 is 0 Å². The zero-order valence-electron chi connectivity index (χ0n) is 13.9. The summed E-state index contributed by atoms with van der Waals surface area (Å²) in [5.41, 5.74) is 0.834. The molecule has 3 rings (SSSR count). The van der Waals surface area contributed by atoms with Crippen molar-refractivity contribution >= 4 is 11.8 Å². The van der Waals surface area contributed by atoms with E-state index in [1.165, 1.54) is 0 Å². The number of aromatic nitrogens is 3. The maximum absolute atomic E-state index is 12.6. The third-order valence-corrected chi connectivity index (χ3v) is 4.32. The fourth-order valence-corrected chi connectivity index (χ4v) is 2.93. The Kier molecular flexibility index (Phi) is 4.59. The lowest BCUT2D eigenvalue weighted by Gasteiger charge is -2.21. The highest BCUT2D eigenvalue weighted by Crippen LogP contribution is 2.22. The summed E-state index contributed by atoms with van der Waals surface area (Å²) in [6.45, 7) is 1.33. The minimum atomic E-state index is -0.300. The molecule has 0 aromatic carbocycles. The first-order chi connectivity index (χ1) is 11.5. The van der Waals surface area contributed by atoms with Crippen LogP contribution in [0.4, 0.5) is 0 Å². The van der Waals surface area contributed by atoms with Crippen molar-refractivity contribution in [2.75, 3.05) is 13.6 Å². The Balaban J connectivity index is 1.60. The van der Waals surface area contributed by atoms with Crippen LogP contribution in [-0.2, 0) is 29.7 Å². The minimum absolute atomic E-state index is 0.00407. The van der Waals surface area contributed by atoms with Crippen molar-refractivity contribution in [3.8, 4) is 0 Å². The number of likely N-dealkylation sites (tertiary alicyclic amines) is 1. The molecule has 2 aromatic heterocycles. The first kappa shape index (κ1) is 16.2. The van der Waals surface area contributed by atoms with Crippen LogP contribution >= 0.6 is 0 Å². The fourth-order valence-electron chi connectivity index (χ4n) is 2.93. The van der Waals surface area contributed by atoms with Gasteiger partial charge in [0.25, 0.3) is 0 Å². The van der Waals surface area contributed by atoms with E-state index >= 15 is 0 Å². The van der Waals surface area contributed by atoms with Gasteiger partial charge in [0.1, 0.15) is 5.82 Å². The summed E-state index contributed by atoms with van der Waals surface area (Å²) in [5.74, 6) is 0.506. The maximum atomic E-state index is 12.6. The molecule has 0 radical (unpaired) electrons. The van der Waals surface area contributed by atoms with Crippen LogP contribution in [0.15, 0.2) is 36.8 Å². The Bertz CT molecular complexity index is 728. The second kappa shape index (κ2) is 6.82. The van der Waals surface area contributed by atoms with Crippen LogP contribution < -0.4 is 0 Å². The van der Waals surface area contributed by atoms with Crippen molar-refractivity contribution in [1.29, 1.82) is 0 Å². The number of amides is 2. The third kappa shape index (κ3) is 3.45. The largest absolute Gasteiger partial charge is 0.338 e. The van der Waals surface area contributed by atoms with Crippen molar-refractivity contribution in [1.82, 2.24) is 24.3 Å². The number of nitrogens with zero attached hydrogens (tertiary/aromatic N) is 5. The van der Waals surface area contributed by atoms with E-state index in [4.69, 9.17) is 0 Å². The molecular weight excluding hydrogens is 306 g/mol. The molecule has 0 N–H and O–H groups in total. The van der Waals surface area contributed by atoms with E-state index in [2.05, 4.69) is 9.97 Å². The standard InChI is InChI=1S/C17H21N5O2/c1-20-8-7-19-15(20)12-21(2)17(24)13-9-16(23)22(10-13)11-14-5-3-4-6-18-14/h3-8,13H,9-12H2,1-2H3/t13-/m0/s1. The van der Waals surface area contributed by atoms with Crippen LogP contribution in [0.1, 0.15) is 17.9 Å². The molecule has 0 bridgehead atoms. The van der Waals surface area contributed by atoms with Crippen molar-refractivity contribution in [2.24, 2.45) is 13.0 Å².